The molecule has 0 amide bonds. The first kappa shape index (κ1) is 8.81. The Bertz CT molecular complexity index is 482. The van der Waals surface area contributed by atoms with Crippen molar-refractivity contribution in [3.05, 3.63) is 30.0 Å². The molecule has 0 fully saturated rings. The number of methoxy groups -OCH3 is 1. The molecule has 0 bridgehead atoms. The average molecular weight is 190 g/mol. The molecule has 0 saturated carbocycles. The van der Waals surface area contributed by atoms with Crippen molar-refractivity contribution < 1.29 is 13.9 Å². The third kappa shape index (κ3) is 1.27. The fraction of sp³-hybridized carbons (Fsp3) is 0.182. The monoisotopic (exact) mass is 190 g/mol. The summed E-state index contributed by atoms with van der Waals surface area (Å²) in [5.41, 5.74) is 1.31. The molecule has 1 aromatic carbocycles. The first-order valence-electron chi connectivity index (χ1n) is 4.28. The van der Waals surface area contributed by atoms with Crippen molar-refractivity contribution >= 4 is 16.8 Å². The van der Waals surface area contributed by atoms with Crippen molar-refractivity contribution in [3.8, 4) is 5.75 Å². The number of ether oxygens (including phenoxy) is 1. The summed E-state index contributed by atoms with van der Waals surface area (Å²) in [5, 5.41) is 0.913. The predicted octanol–water partition coefficient (Wildman–Crippen LogP) is 2.64. The third-order valence-corrected chi connectivity index (χ3v) is 2.15. The Morgan fingerprint density at radius 1 is 1.43 bits per heavy atom. The third-order valence-electron chi connectivity index (χ3n) is 2.15. The van der Waals surface area contributed by atoms with Gasteiger partial charge in [0, 0.05) is 11.5 Å². The minimum atomic E-state index is -0.00931. The van der Waals surface area contributed by atoms with E-state index in [0.29, 0.717) is 11.3 Å². The van der Waals surface area contributed by atoms with Gasteiger partial charge in [-0.3, -0.25) is 4.79 Å². The second-order valence-corrected chi connectivity index (χ2v) is 3.07. The number of ketones is 1. The van der Waals surface area contributed by atoms with Crippen LogP contribution in [-0.2, 0) is 0 Å². The van der Waals surface area contributed by atoms with Crippen LogP contribution in [0.2, 0.25) is 0 Å². The molecule has 2 rings (SSSR count). The van der Waals surface area contributed by atoms with Crippen LogP contribution in [0.5, 0.6) is 5.75 Å². The Morgan fingerprint density at radius 2 is 2.21 bits per heavy atom. The molecule has 0 aliphatic carbocycles. The van der Waals surface area contributed by atoms with E-state index in [9.17, 15) is 4.79 Å². The smallest absolute Gasteiger partial charge is 0.163 e. The summed E-state index contributed by atoms with van der Waals surface area (Å²) in [6.45, 7) is 1.52. The molecule has 0 N–H and O–H groups in total. The van der Waals surface area contributed by atoms with Crippen molar-refractivity contribution in [2.75, 3.05) is 7.11 Å². The van der Waals surface area contributed by atoms with Gasteiger partial charge in [0.25, 0.3) is 0 Å². The molecule has 3 heteroatoms. The summed E-state index contributed by atoms with van der Waals surface area (Å²) in [6, 6.07) is 5.33. The maximum Gasteiger partial charge on any atom is 0.163 e. The van der Waals surface area contributed by atoms with Gasteiger partial charge in [-0.15, -0.1) is 0 Å². The van der Waals surface area contributed by atoms with E-state index in [2.05, 4.69) is 0 Å². The largest absolute Gasteiger partial charge is 0.496 e. The van der Waals surface area contributed by atoms with Crippen molar-refractivity contribution in [1.82, 2.24) is 0 Å². The van der Waals surface area contributed by atoms with Crippen molar-refractivity contribution in [1.29, 1.82) is 0 Å². The van der Waals surface area contributed by atoms with Crippen LogP contribution in [0, 0.1) is 0 Å². The van der Waals surface area contributed by atoms with E-state index in [-0.39, 0.29) is 5.78 Å². The zero-order chi connectivity index (χ0) is 10.1. The maximum absolute atomic E-state index is 11.3. The number of benzene rings is 1. The second kappa shape index (κ2) is 3.18. The summed E-state index contributed by atoms with van der Waals surface area (Å²) in [7, 11) is 1.54. The first-order chi connectivity index (χ1) is 6.72. The van der Waals surface area contributed by atoms with Gasteiger partial charge in [0.2, 0.25) is 0 Å². The van der Waals surface area contributed by atoms with Crippen LogP contribution in [0.25, 0.3) is 11.0 Å². The van der Waals surface area contributed by atoms with Crippen LogP contribution in [0.1, 0.15) is 17.3 Å². The molecule has 0 saturated heterocycles. The van der Waals surface area contributed by atoms with E-state index < -0.39 is 0 Å². The molecule has 0 aliphatic heterocycles. The van der Waals surface area contributed by atoms with Crippen molar-refractivity contribution in [2.24, 2.45) is 0 Å². The normalized spacial score (nSPS) is 10.4. The van der Waals surface area contributed by atoms with Crippen LogP contribution in [-0.4, -0.2) is 12.9 Å². The van der Waals surface area contributed by atoms with Crippen LogP contribution in [0.15, 0.2) is 28.9 Å². The van der Waals surface area contributed by atoms with Crippen LogP contribution in [0.3, 0.4) is 0 Å². The molecule has 14 heavy (non-hydrogen) atoms. The molecule has 3 nitrogen and oxygen atoms in total. The second-order valence-electron chi connectivity index (χ2n) is 3.07. The van der Waals surface area contributed by atoms with Gasteiger partial charge in [-0.25, -0.2) is 0 Å². The molecule has 1 aromatic heterocycles. The molecule has 2 aromatic rings. The van der Waals surface area contributed by atoms with Gasteiger partial charge in [-0.05, 0) is 19.1 Å². The summed E-state index contributed by atoms with van der Waals surface area (Å²) in [5.74, 6) is 0.546. The summed E-state index contributed by atoms with van der Waals surface area (Å²) >= 11 is 0. The topological polar surface area (TPSA) is 39.4 Å². The number of furan rings is 1. The summed E-state index contributed by atoms with van der Waals surface area (Å²) in [6.07, 6.45) is 1.59. The van der Waals surface area contributed by atoms with E-state index >= 15 is 0 Å². The zero-order valence-corrected chi connectivity index (χ0v) is 8.03. The van der Waals surface area contributed by atoms with Crippen molar-refractivity contribution in [2.45, 2.75) is 6.92 Å². The first-order valence-corrected chi connectivity index (χ1v) is 4.28. The standard InChI is InChI=1S/C11H10O3/c1-7(12)9-5-8-3-4-14-10(8)6-11(9)13-2/h3-6H,1-2H3. The lowest BCUT2D eigenvalue weighted by Crippen LogP contribution is -1.96. The Kier molecular flexibility index (Phi) is 2.00. The van der Waals surface area contributed by atoms with E-state index in [0.717, 1.165) is 11.0 Å². The zero-order valence-electron chi connectivity index (χ0n) is 8.03. The SMILES string of the molecule is COc1cc2occc2cc1C(C)=O. The molecule has 0 radical (unpaired) electrons. The van der Waals surface area contributed by atoms with Crippen molar-refractivity contribution in [3.63, 3.8) is 0 Å². The lowest BCUT2D eigenvalue weighted by atomic mass is 10.1. The number of Topliss-reactive ketones (excluding diaryl/α,β-unsaturated/α-hetero) is 1. The fourth-order valence-corrected chi connectivity index (χ4v) is 1.43. The van der Waals surface area contributed by atoms with Crippen LogP contribution >= 0.6 is 0 Å². The lowest BCUT2D eigenvalue weighted by Gasteiger charge is -2.04. The number of rotatable bonds is 2. The molecule has 0 spiro atoms. The Labute approximate surface area is 81.3 Å². The minimum absolute atomic E-state index is 0.00931. The highest BCUT2D eigenvalue weighted by Gasteiger charge is 2.10. The predicted molar refractivity (Wildman–Crippen MR) is 52.8 cm³/mol. The molecule has 0 aliphatic rings. The maximum atomic E-state index is 11.3. The minimum Gasteiger partial charge on any atom is -0.496 e. The summed E-state index contributed by atoms with van der Waals surface area (Å²) in [4.78, 5) is 11.3. The number of carbonyl (C=O) groups excluding carboxylic acids is 1. The number of carbonyl (C=O) groups is 1. The average Bonchev–Trinajstić information content (AvgIpc) is 2.62. The highest BCUT2D eigenvalue weighted by atomic mass is 16.5. The number of hydrogen-bond donors (Lipinski definition) is 0. The van der Waals surface area contributed by atoms with Gasteiger partial charge in [0.1, 0.15) is 11.3 Å². The highest BCUT2D eigenvalue weighted by Crippen LogP contribution is 2.26. The molecule has 72 valence electrons. The van der Waals surface area contributed by atoms with E-state index in [1.54, 1.807) is 18.4 Å². The Balaban J connectivity index is 2.72. The van der Waals surface area contributed by atoms with Crippen LogP contribution < -0.4 is 4.74 Å². The molecule has 0 atom stereocenters. The molecular formula is C11H10O3. The molecule has 0 unspecified atom stereocenters. The van der Waals surface area contributed by atoms with Gasteiger partial charge in [-0.2, -0.15) is 0 Å². The van der Waals surface area contributed by atoms with Gasteiger partial charge < -0.3 is 9.15 Å². The van der Waals surface area contributed by atoms with E-state index in [4.69, 9.17) is 9.15 Å². The van der Waals surface area contributed by atoms with E-state index in [1.165, 1.54) is 14.0 Å². The number of fused-ring (bicyclic) bond motifs is 1. The highest BCUT2D eigenvalue weighted by molar-refractivity contribution is 6.00. The lowest BCUT2D eigenvalue weighted by molar-refractivity contribution is 0.101. The van der Waals surface area contributed by atoms with E-state index in [1.807, 2.05) is 6.07 Å². The Hall–Kier alpha value is -1.77. The fourth-order valence-electron chi connectivity index (χ4n) is 1.43. The number of hydrogen-bond acceptors (Lipinski definition) is 3. The van der Waals surface area contributed by atoms with Crippen LogP contribution in [0.4, 0.5) is 0 Å². The molecular weight excluding hydrogens is 180 g/mol. The van der Waals surface area contributed by atoms with Gasteiger partial charge in [0.15, 0.2) is 5.78 Å². The van der Waals surface area contributed by atoms with Gasteiger partial charge in [0.05, 0.1) is 18.9 Å². The molecule has 1 heterocycles. The quantitative estimate of drug-likeness (QED) is 0.683. The summed E-state index contributed by atoms with van der Waals surface area (Å²) < 4.78 is 10.3. The Morgan fingerprint density at radius 3 is 2.86 bits per heavy atom. The van der Waals surface area contributed by atoms with Gasteiger partial charge in [-0.1, -0.05) is 0 Å². The van der Waals surface area contributed by atoms with Gasteiger partial charge >= 0.3 is 0 Å².